The Morgan fingerprint density at radius 2 is 1.93 bits per heavy atom. The molecule has 0 fully saturated rings. The average Bonchev–Trinajstić information content (AvgIpc) is 2.20. The lowest BCUT2D eigenvalue weighted by atomic mass is 9.97. The zero-order valence-electron chi connectivity index (χ0n) is 9.24. The van der Waals surface area contributed by atoms with Crippen molar-refractivity contribution in [1.29, 1.82) is 0 Å². The minimum Gasteiger partial charge on any atom is -0.0917 e. The van der Waals surface area contributed by atoms with Crippen LogP contribution in [0.3, 0.4) is 0 Å². The Morgan fingerprint density at radius 1 is 1.21 bits per heavy atom. The second kappa shape index (κ2) is 6.42. The summed E-state index contributed by atoms with van der Waals surface area (Å²) in [5, 5.41) is 0. The Labute approximate surface area is 87.7 Å². The van der Waals surface area contributed by atoms with Gasteiger partial charge in [0.2, 0.25) is 0 Å². The van der Waals surface area contributed by atoms with Crippen molar-refractivity contribution < 1.29 is 0 Å². The first-order chi connectivity index (χ1) is 6.83. The van der Waals surface area contributed by atoms with Gasteiger partial charge in [0.25, 0.3) is 0 Å². The van der Waals surface area contributed by atoms with Crippen molar-refractivity contribution in [2.75, 3.05) is 0 Å². The highest BCUT2D eigenvalue weighted by Gasteiger charge is 2.01. The Morgan fingerprint density at radius 3 is 2.57 bits per heavy atom. The molecule has 76 valence electrons. The molecular weight excluding hydrogens is 168 g/mol. The highest BCUT2D eigenvalue weighted by Crippen LogP contribution is 2.13. The summed E-state index contributed by atoms with van der Waals surface area (Å²) in [6, 6.07) is 10.7. The van der Waals surface area contributed by atoms with E-state index < -0.39 is 0 Å². The lowest BCUT2D eigenvalue weighted by Gasteiger charge is -2.09. The normalized spacial score (nSPS) is 13.3. The molecule has 0 heteroatoms. The van der Waals surface area contributed by atoms with E-state index in [9.17, 15) is 0 Å². The summed E-state index contributed by atoms with van der Waals surface area (Å²) < 4.78 is 0. The first-order valence-corrected chi connectivity index (χ1v) is 5.48. The number of rotatable bonds is 5. The molecule has 0 bridgehead atoms. The van der Waals surface area contributed by atoms with Crippen molar-refractivity contribution >= 4 is 0 Å². The first kappa shape index (κ1) is 11.0. The topological polar surface area (TPSA) is 0 Å². The third kappa shape index (κ3) is 4.27. The first-order valence-electron chi connectivity index (χ1n) is 5.48. The predicted molar refractivity (Wildman–Crippen MR) is 63.4 cm³/mol. The zero-order chi connectivity index (χ0) is 10.2. The molecule has 1 aromatic rings. The molecule has 0 aliphatic rings. The molecule has 0 spiro atoms. The largest absolute Gasteiger partial charge is 0.0917 e. The monoisotopic (exact) mass is 188 g/mol. The fourth-order valence-corrected chi connectivity index (χ4v) is 1.67. The number of allylic oxidation sites excluding steroid dienone is 2. The quantitative estimate of drug-likeness (QED) is 0.607. The standard InChI is InChI=1S/C14H20/c1-3-4-6-9-13(2)12-14-10-7-5-8-11-14/h3-5,7-8,10-11,13H,6,9,12H2,1-2H3. The lowest BCUT2D eigenvalue weighted by molar-refractivity contribution is 0.536. The summed E-state index contributed by atoms with van der Waals surface area (Å²) in [4.78, 5) is 0. The van der Waals surface area contributed by atoms with Crippen LogP contribution in [0, 0.1) is 5.92 Å². The van der Waals surface area contributed by atoms with E-state index in [1.165, 1.54) is 24.8 Å². The Bertz CT molecular complexity index is 259. The zero-order valence-corrected chi connectivity index (χ0v) is 9.24. The lowest BCUT2D eigenvalue weighted by Crippen LogP contribution is -1.98. The highest BCUT2D eigenvalue weighted by molar-refractivity contribution is 5.15. The number of hydrogen-bond donors (Lipinski definition) is 0. The van der Waals surface area contributed by atoms with E-state index in [1.54, 1.807) is 0 Å². The molecule has 0 aromatic heterocycles. The van der Waals surface area contributed by atoms with Gasteiger partial charge in [-0.2, -0.15) is 0 Å². The summed E-state index contributed by atoms with van der Waals surface area (Å²) in [6.45, 7) is 4.42. The van der Waals surface area contributed by atoms with Crippen LogP contribution in [0.5, 0.6) is 0 Å². The number of hydrogen-bond acceptors (Lipinski definition) is 0. The van der Waals surface area contributed by atoms with E-state index in [1.807, 2.05) is 0 Å². The minimum atomic E-state index is 0.786. The maximum absolute atomic E-state index is 2.33. The van der Waals surface area contributed by atoms with Gasteiger partial charge in [-0.15, -0.1) is 0 Å². The van der Waals surface area contributed by atoms with Gasteiger partial charge < -0.3 is 0 Å². The molecular formula is C14H20. The summed E-state index contributed by atoms with van der Waals surface area (Å²) in [6.07, 6.45) is 8.10. The molecule has 0 saturated heterocycles. The van der Waals surface area contributed by atoms with Crippen LogP contribution < -0.4 is 0 Å². The van der Waals surface area contributed by atoms with Crippen molar-refractivity contribution in [3.05, 3.63) is 48.0 Å². The summed E-state index contributed by atoms with van der Waals surface area (Å²) in [5.41, 5.74) is 1.46. The SMILES string of the molecule is CC=CCCC(C)Cc1ccccc1. The van der Waals surface area contributed by atoms with E-state index >= 15 is 0 Å². The van der Waals surface area contributed by atoms with Gasteiger partial charge in [0.15, 0.2) is 0 Å². The molecule has 0 heterocycles. The highest BCUT2D eigenvalue weighted by atomic mass is 14.1. The van der Waals surface area contributed by atoms with Crippen LogP contribution in [0.25, 0.3) is 0 Å². The molecule has 1 atom stereocenters. The van der Waals surface area contributed by atoms with E-state index in [0.29, 0.717) is 0 Å². The smallest absolute Gasteiger partial charge is 0.0253 e. The molecule has 0 N–H and O–H groups in total. The van der Waals surface area contributed by atoms with Crippen LogP contribution in [-0.2, 0) is 6.42 Å². The number of benzene rings is 1. The van der Waals surface area contributed by atoms with Crippen LogP contribution in [0.4, 0.5) is 0 Å². The minimum absolute atomic E-state index is 0.786. The summed E-state index contributed by atoms with van der Waals surface area (Å²) >= 11 is 0. The second-order valence-electron chi connectivity index (χ2n) is 3.94. The van der Waals surface area contributed by atoms with E-state index in [4.69, 9.17) is 0 Å². The summed E-state index contributed by atoms with van der Waals surface area (Å²) in [5.74, 6) is 0.786. The van der Waals surface area contributed by atoms with Gasteiger partial charge >= 0.3 is 0 Å². The van der Waals surface area contributed by atoms with Gasteiger partial charge in [0, 0.05) is 0 Å². The van der Waals surface area contributed by atoms with Gasteiger partial charge in [0.05, 0.1) is 0 Å². The molecule has 0 aliphatic heterocycles. The van der Waals surface area contributed by atoms with Crippen molar-refractivity contribution in [2.45, 2.75) is 33.1 Å². The average molecular weight is 188 g/mol. The molecule has 1 unspecified atom stereocenters. The Kier molecular flexibility index (Phi) is 5.06. The van der Waals surface area contributed by atoms with Gasteiger partial charge in [-0.3, -0.25) is 0 Å². The van der Waals surface area contributed by atoms with Crippen LogP contribution in [0.1, 0.15) is 32.3 Å². The maximum atomic E-state index is 2.33. The predicted octanol–water partition coefficient (Wildman–Crippen LogP) is 4.22. The Hall–Kier alpha value is -1.04. The van der Waals surface area contributed by atoms with Gasteiger partial charge in [-0.25, -0.2) is 0 Å². The molecule has 1 rings (SSSR count). The maximum Gasteiger partial charge on any atom is -0.0253 e. The van der Waals surface area contributed by atoms with Crippen LogP contribution in [0.2, 0.25) is 0 Å². The molecule has 0 nitrogen and oxygen atoms in total. The van der Waals surface area contributed by atoms with Gasteiger partial charge in [-0.1, -0.05) is 49.4 Å². The van der Waals surface area contributed by atoms with E-state index in [2.05, 4.69) is 56.3 Å². The van der Waals surface area contributed by atoms with Crippen molar-refractivity contribution in [3.63, 3.8) is 0 Å². The van der Waals surface area contributed by atoms with E-state index in [-0.39, 0.29) is 0 Å². The third-order valence-corrected chi connectivity index (χ3v) is 2.49. The van der Waals surface area contributed by atoms with Crippen molar-refractivity contribution in [2.24, 2.45) is 5.92 Å². The Balaban J connectivity index is 2.30. The van der Waals surface area contributed by atoms with Crippen molar-refractivity contribution in [3.8, 4) is 0 Å². The molecule has 0 amide bonds. The van der Waals surface area contributed by atoms with E-state index in [0.717, 1.165) is 5.92 Å². The fraction of sp³-hybridized carbons (Fsp3) is 0.429. The van der Waals surface area contributed by atoms with Gasteiger partial charge in [0.1, 0.15) is 0 Å². The van der Waals surface area contributed by atoms with Crippen LogP contribution in [0.15, 0.2) is 42.5 Å². The third-order valence-electron chi connectivity index (χ3n) is 2.49. The molecule has 0 radical (unpaired) electrons. The molecule has 14 heavy (non-hydrogen) atoms. The molecule has 0 saturated carbocycles. The van der Waals surface area contributed by atoms with Crippen LogP contribution >= 0.6 is 0 Å². The second-order valence-corrected chi connectivity index (χ2v) is 3.94. The van der Waals surface area contributed by atoms with Crippen molar-refractivity contribution in [1.82, 2.24) is 0 Å². The molecule has 0 aliphatic carbocycles. The van der Waals surface area contributed by atoms with Crippen LogP contribution in [-0.4, -0.2) is 0 Å². The van der Waals surface area contributed by atoms with Gasteiger partial charge in [-0.05, 0) is 37.7 Å². The summed E-state index contributed by atoms with van der Waals surface area (Å²) in [7, 11) is 0. The molecule has 1 aromatic carbocycles. The fourth-order valence-electron chi connectivity index (χ4n) is 1.67.